The number of carbonyl (C=O) groups excluding carboxylic acids is 3. The van der Waals surface area contributed by atoms with Gasteiger partial charge in [0.2, 0.25) is 5.91 Å². The number of fused-ring (bicyclic) bond motifs is 1. The zero-order chi connectivity index (χ0) is 29.5. The van der Waals surface area contributed by atoms with Gasteiger partial charge in [-0.05, 0) is 76.0 Å². The molecule has 5 rings (SSSR count). The number of hydrogen-bond donors (Lipinski definition) is 2. The van der Waals surface area contributed by atoms with Crippen LogP contribution in [0.15, 0.2) is 24.5 Å². The predicted octanol–water partition coefficient (Wildman–Crippen LogP) is 2.83. The second-order valence-electron chi connectivity index (χ2n) is 12.0. The van der Waals surface area contributed by atoms with Crippen LogP contribution in [0, 0.1) is 38.0 Å². The summed E-state index contributed by atoms with van der Waals surface area (Å²) >= 11 is 6.29. The molecule has 3 unspecified atom stereocenters. The summed E-state index contributed by atoms with van der Waals surface area (Å²) in [7, 11) is 0. The second kappa shape index (κ2) is 11.7. The summed E-state index contributed by atoms with van der Waals surface area (Å²) in [4.78, 5) is 52.3. The highest BCUT2D eigenvalue weighted by molar-refractivity contribution is 6.31. The SMILES string of the molecule is Cc1ccc(OC(=O)C2(C(CC(N)=O)N3CC4CN(C(=O)c5c(C)ncnc5C)CC4C3)CCC(O)CC2)cc1Cl. The second-order valence-corrected chi connectivity index (χ2v) is 12.4. The van der Waals surface area contributed by atoms with Gasteiger partial charge in [-0.1, -0.05) is 17.7 Å². The van der Waals surface area contributed by atoms with Crippen molar-refractivity contribution in [2.45, 2.75) is 65.0 Å². The number of aliphatic hydroxyl groups is 1. The van der Waals surface area contributed by atoms with Gasteiger partial charge in [0.25, 0.3) is 5.91 Å². The lowest BCUT2D eigenvalue weighted by atomic mass is 9.66. The average molecular weight is 584 g/mol. The van der Waals surface area contributed by atoms with Crippen molar-refractivity contribution in [2.24, 2.45) is 23.0 Å². The number of nitrogens with two attached hydrogens (primary N) is 1. The van der Waals surface area contributed by atoms with Crippen LogP contribution in [0.25, 0.3) is 0 Å². The van der Waals surface area contributed by atoms with Crippen LogP contribution in [0.5, 0.6) is 5.75 Å². The van der Waals surface area contributed by atoms with Gasteiger partial charge in [-0.25, -0.2) is 9.97 Å². The van der Waals surface area contributed by atoms with Crippen LogP contribution in [0.2, 0.25) is 5.02 Å². The standard InChI is InChI=1S/C30H38ClN5O5/c1-17-4-5-23(10-24(17)31)41-29(40)30(8-6-22(37)7-9-30)25(11-26(32)38)35-12-20-14-36(15-21(20)13-35)28(39)27-18(2)33-16-34-19(27)3/h4-5,10,16,20-22,25,37H,6-9,11-15H2,1-3H3,(H2,32,38). The minimum atomic E-state index is -1.02. The summed E-state index contributed by atoms with van der Waals surface area (Å²) in [5, 5.41) is 10.8. The zero-order valence-electron chi connectivity index (χ0n) is 23.8. The van der Waals surface area contributed by atoms with E-state index in [9.17, 15) is 19.5 Å². The third kappa shape index (κ3) is 5.82. The van der Waals surface area contributed by atoms with Crippen LogP contribution in [-0.4, -0.2) is 81.0 Å². The number of carbonyl (C=O) groups is 3. The smallest absolute Gasteiger partial charge is 0.319 e. The van der Waals surface area contributed by atoms with Crippen LogP contribution >= 0.6 is 11.6 Å². The summed E-state index contributed by atoms with van der Waals surface area (Å²) in [5.41, 5.74) is 7.50. The Hall–Kier alpha value is -3.08. The van der Waals surface area contributed by atoms with Gasteiger partial charge in [0.05, 0.1) is 28.5 Å². The fraction of sp³-hybridized carbons (Fsp3) is 0.567. The number of aromatic nitrogens is 2. The first-order chi connectivity index (χ1) is 19.5. The highest BCUT2D eigenvalue weighted by Crippen LogP contribution is 2.46. The third-order valence-corrected chi connectivity index (χ3v) is 9.73. The molecule has 1 saturated carbocycles. The molecule has 0 bridgehead atoms. The lowest BCUT2D eigenvalue weighted by Gasteiger charge is -2.46. The first kappa shape index (κ1) is 29.4. The molecule has 220 valence electrons. The molecule has 0 radical (unpaired) electrons. The van der Waals surface area contributed by atoms with Gasteiger partial charge in [0.1, 0.15) is 12.1 Å². The van der Waals surface area contributed by atoms with Crippen molar-refractivity contribution in [1.29, 1.82) is 0 Å². The summed E-state index contributed by atoms with van der Waals surface area (Å²) in [5.74, 6) is -0.254. The minimum Gasteiger partial charge on any atom is -0.426 e. The molecule has 1 aliphatic carbocycles. The molecule has 1 aromatic carbocycles. The molecule has 3 N–H and O–H groups in total. The number of primary amides is 1. The third-order valence-electron chi connectivity index (χ3n) is 9.32. The Labute approximate surface area is 245 Å². The summed E-state index contributed by atoms with van der Waals surface area (Å²) < 4.78 is 5.92. The minimum absolute atomic E-state index is 0.00166. The highest BCUT2D eigenvalue weighted by Gasteiger charge is 2.54. The zero-order valence-corrected chi connectivity index (χ0v) is 24.6. The van der Waals surface area contributed by atoms with E-state index >= 15 is 0 Å². The van der Waals surface area contributed by atoms with Gasteiger partial charge >= 0.3 is 5.97 Å². The molecule has 1 aromatic heterocycles. The van der Waals surface area contributed by atoms with Crippen LogP contribution in [0.1, 0.15) is 59.4 Å². The molecule has 3 fully saturated rings. The predicted molar refractivity (Wildman–Crippen MR) is 152 cm³/mol. The highest BCUT2D eigenvalue weighted by atomic mass is 35.5. The van der Waals surface area contributed by atoms with Crippen molar-refractivity contribution < 1.29 is 24.2 Å². The molecule has 0 spiro atoms. The average Bonchev–Trinajstić information content (AvgIpc) is 3.49. The molecule has 11 heteroatoms. The van der Waals surface area contributed by atoms with Gasteiger partial charge in [-0.2, -0.15) is 0 Å². The molecule has 3 atom stereocenters. The summed E-state index contributed by atoms with van der Waals surface area (Å²) in [6.45, 7) is 7.92. The fourth-order valence-corrected chi connectivity index (χ4v) is 7.18. The number of benzene rings is 1. The topological polar surface area (TPSA) is 139 Å². The quantitative estimate of drug-likeness (QED) is 0.375. The van der Waals surface area contributed by atoms with Crippen molar-refractivity contribution in [3.8, 4) is 5.75 Å². The van der Waals surface area contributed by atoms with E-state index in [1.807, 2.05) is 25.7 Å². The normalized spacial score (nSPS) is 27.0. The van der Waals surface area contributed by atoms with Crippen molar-refractivity contribution in [2.75, 3.05) is 26.2 Å². The largest absolute Gasteiger partial charge is 0.426 e. The van der Waals surface area contributed by atoms with Crippen molar-refractivity contribution in [3.63, 3.8) is 0 Å². The molecule has 2 amide bonds. The first-order valence-electron chi connectivity index (χ1n) is 14.2. The van der Waals surface area contributed by atoms with E-state index in [4.69, 9.17) is 22.1 Å². The molecular weight excluding hydrogens is 546 g/mol. The maximum atomic E-state index is 14.0. The van der Waals surface area contributed by atoms with E-state index in [-0.39, 0.29) is 24.2 Å². The monoisotopic (exact) mass is 583 g/mol. The van der Waals surface area contributed by atoms with Gasteiger partial charge in [-0.15, -0.1) is 0 Å². The summed E-state index contributed by atoms with van der Waals surface area (Å²) in [6, 6.07) is 4.64. The lowest BCUT2D eigenvalue weighted by molar-refractivity contribution is -0.156. The number of rotatable bonds is 7. The van der Waals surface area contributed by atoms with E-state index in [0.29, 0.717) is 79.6 Å². The Morgan fingerprint density at radius 1 is 1.07 bits per heavy atom. The van der Waals surface area contributed by atoms with Crippen LogP contribution in [-0.2, 0) is 9.59 Å². The van der Waals surface area contributed by atoms with Gasteiger partial charge in [-0.3, -0.25) is 19.3 Å². The molecule has 2 aliphatic heterocycles. The Bertz CT molecular complexity index is 1310. The Kier molecular flexibility index (Phi) is 8.36. The Morgan fingerprint density at radius 2 is 1.68 bits per heavy atom. The first-order valence-corrected chi connectivity index (χ1v) is 14.6. The summed E-state index contributed by atoms with van der Waals surface area (Å²) in [6.07, 6.45) is 2.59. The number of hydrogen-bond acceptors (Lipinski definition) is 8. The van der Waals surface area contributed by atoms with Gasteiger partial charge in [0.15, 0.2) is 0 Å². The van der Waals surface area contributed by atoms with E-state index < -0.39 is 29.4 Å². The molecule has 2 aromatic rings. The van der Waals surface area contributed by atoms with Crippen LogP contribution < -0.4 is 10.5 Å². The fourth-order valence-electron chi connectivity index (χ4n) is 7.01. The van der Waals surface area contributed by atoms with E-state index in [2.05, 4.69) is 14.9 Å². The molecule has 10 nitrogen and oxygen atoms in total. The van der Waals surface area contributed by atoms with Crippen molar-refractivity contribution in [3.05, 3.63) is 52.1 Å². The number of amides is 2. The number of halogens is 1. The van der Waals surface area contributed by atoms with Crippen LogP contribution in [0.4, 0.5) is 0 Å². The molecular formula is C30H38ClN5O5. The maximum Gasteiger partial charge on any atom is 0.319 e. The van der Waals surface area contributed by atoms with Gasteiger partial charge in [0, 0.05) is 43.7 Å². The van der Waals surface area contributed by atoms with Crippen molar-refractivity contribution in [1.82, 2.24) is 19.8 Å². The lowest BCUT2D eigenvalue weighted by Crippen LogP contribution is -2.56. The molecule has 3 heterocycles. The van der Waals surface area contributed by atoms with E-state index in [0.717, 1.165) is 5.56 Å². The number of aliphatic hydroxyl groups excluding tert-OH is 1. The maximum absolute atomic E-state index is 14.0. The Balaban J connectivity index is 1.37. The number of esters is 1. The Morgan fingerprint density at radius 3 is 2.24 bits per heavy atom. The molecule has 3 aliphatic rings. The van der Waals surface area contributed by atoms with Crippen molar-refractivity contribution >= 4 is 29.4 Å². The number of likely N-dealkylation sites (tertiary alicyclic amines) is 2. The van der Waals surface area contributed by atoms with E-state index in [1.165, 1.54) is 6.33 Å². The van der Waals surface area contributed by atoms with Gasteiger partial charge < -0.3 is 20.5 Å². The molecule has 2 saturated heterocycles. The van der Waals surface area contributed by atoms with Crippen LogP contribution in [0.3, 0.4) is 0 Å². The molecule has 41 heavy (non-hydrogen) atoms. The number of nitrogens with zero attached hydrogens (tertiary/aromatic N) is 4. The number of aryl methyl sites for hydroxylation is 3. The van der Waals surface area contributed by atoms with E-state index in [1.54, 1.807) is 18.2 Å². The number of ether oxygens (including phenoxy) is 1.